The topological polar surface area (TPSA) is 38.1 Å². The van der Waals surface area contributed by atoms with Gasteiger partial charge < -0.3 is 9.47 Å². The lowest BCUT2D eigenvalue weighted by Gasteiger charge is -2.17. The van der Waals surface area contributed by atoms with E-state index in [-0.39, 0.29) is 5.91 Å². The summed E-state index contributed by atoms with van der Waals surface area (Å²) in [4.78, 5) is 17.5. The molecule has 1 aromatic heterocycles. The van der Waals surface area contributed by atoms with Gasteiger partial charge in [0.05, 0.1) is 13.0 Å². The Balaban J connectivity index is 2.05. The first-order valence-electron chi connectivity index (χ1n) is 5.03. The van der Waals surface area contributed by atoms with Crippen LogP contribution in [0.3, 0.4) is 0 Å². The van der Waals surface area contributed by atoms with Crippen molar-refractivity contribution in [2.24, 2.45) is 0 Å². The number of hydrogen-bond acceptors (Lipinski definition) is 2. The molecule has 0 fully saturated rings. The maximum atomic E-state index is 12.0. The summed E-state index contributed by atoms with van der Waals surface area (Å²) < 4.78 is 1.85. The van der Waals surface area contributed by atoms with E-state index in [0.29, 0.717) is 12.2 Å². The Labute approximate surface area is 94.1 Å². The predicted molar refractivity (Wildman–Crippen MR) is 60.8 cm³/mol. The number of rotatable bonds is 3. The van der Waals surface area contributed by atoms with Crippen molar-refractivity contribution in [1.29, 1.82) is 0 Å². The molecular weight excluding hydrogens is 202 g/mol. The minimum atomic E-state index is 0.00861. The second-order valence-electron chi connectivity index (χ2n) is 3.59. The van der Waals surface area contributed by atoms with Crippen molar-refractivity contribution in [1.82, 2.24) is 14.5 Å². The summed E-state index contributed by atoms with van der Waals surface area (Å²) in [6.07, 6.45) is 5.21. The van der Waals surface area contributed by atoms with Gasteiger partial charge in [-0.3, -0.25) is 4.79 Å². The lowest BCUT2D eigenvalue weighted by molar-refractivity contribution is 0.0752. The molecule has 0 aliphatic carbocycles. The minimum Gasteiger partial charge on any atom is -0.324 e. The van der Waals surface area contributed by atoms with E-state index < -0.39 is 0 Å². The van der Waals surface area contributed by atoms with Gasteiger partial charge in [0.25, 0.3) is 5.91 Å². The molecule has 0 unspecified atom stereocenters. The van der Waals surface area contributed by atoms with E-state index in [1.807, 2.05) is 41.1 Å². The number of hydrogen-bond donors (Lipinski definition) is 0. The van der Waals surface area contributed by atoms with E-state index in [4.69, 9.17) is 0 Å². The molecule has 0 spiro atoms. The Morgan fingerprint density at radius 2 is 2.12 bits per heavy atom. The van der Waals surface area contributed by atoms with Crippen LogP contribution in [0.1, 0.15) is 10.4 Å². The predicted octanol–water partition coefficient (Wildman–Crippen LogP) is 1.61. The van der Waals surface area contributed by atoms with Crippen LogP contribution in [0.15, 0.2) is 49.1 Å². The Morgan fingerprint density at radius 3 is 2.75 bits per heavy atom. The van der Waals surface area contributed by atoms with Crippen LogP contribution in [0.25, 0.3) is 0 Å². The maximum Gasteiger partial charge on any atom is 0.255 e. The van der Waals surface area contributed by atoms with Crippen molar-refractivity contribution in [3.05, 3.63) is 54.6 Å². The smallest absolute Gasteiger partial charge is 0.255 e. The summed E-state index contributed by atoms with van der Waals surface area (Å²) in [7, 11) is 1.77. The van der Waals surface area contributed by atoms with Gasteiger partial charge in [-0.05, 0) is 12.1 Å². The molecule has 0 bridgehead atoms. The molecule has 0 N–H and O–H groups in total. The van der Waals surface area contributed by atoms with Crippen molar-refractivity contribution in [2.75, 3.05) is 7.05 Å². The molecule has 1 heterocycles. The summed E-state index contributed by atoms with van der Waals surface area (Å²) in [5.74, 6) is 0.00861. The summed E-state index contributed by atoms with van der Waals surface area (Å²) >= 11 is 0. The molecule has 1 aromatic carbocycles. The molecule has 0 atom stereocenters. The van der Waals surface area contributed by atoms with Crippen LogP contribution in [0.5, 0.6) is 0 Å². The van der Waals surface area contributed by atoms with Gasteiger partial charge in [0.15, 0.2) is 0 Å². The normalized spacial score (nSPS) is 10.1. The van der Waals surface area contributed by atoms with Crippen LogP contribution < -0.4 is 0 Å². The molecule has 1 amide bonds. The van der Waals surface area contributed by atoms with Crippen molar-refractivity contribution < 1.29 is 4.79 Å². The lowest BCUT2D eigenvalue weighted by atomic mass is 10.2. The molecule has 2 aromatic rings. The van der Waals surface area contributed by atoms with Crippen LogP contribution in [0.2, 0.25) is 0 Å². The van der Waals surface area contributed by atoms with Crippen molar-refractivity contribution in [3.8, 4) is 0 Å². The second-order valence-corrected chi connectivity index (χ2v) is 3.59. The van der Waals surface area contributed by atoms with Crippen molar-refractivity contribution >= 4 is 5.91 Å². The molecule has 4 heteroatoms. The van der Waals surface area contributed by atoms with Crippen LogP contribution in [-0.2, 0) is 6.67 Å². The van der Waals surface area contributed by atoms with Crippen LogP contribution in [-0.4, -0.2) is 27.4 Å². The van der Waals surface area contributed by atoms with Gasteiger partial charge in [0, 0.05) is 25.0 Å². The van der Waals surface area contributed by atoms with Gasteiger partial charge in [-0.25, -0.2) is 4.98 Å². The molecule has 0 aliphatic rings. The van der Waals surface area contributed by atoms with E-state index in [0.717, 1.165) is 0 Å². The standard InChI is InChI=1S/C12H13N3O/c1-14(10-15-8-7-13-9-15)12(16)11-5-3-2-4-6-11/h2-9H,10H2,1H3. The highest BCUT2D eigenvalue weighted by atomic mass is 16.2. The zero-order chi connectivity index (χ0) is 11.4. The summed E-state index contributed by atoms with van der Waals surface area (Å²) in [6, 6.07) is 9.24. The minimum absolute atomic E-state index is 0.00861. The highest BCUT2D eigenvalue weighted by Gasteiger charge is 2.10. The first-order chi connectivity index (χ1) is 7.77. The third kappa shape index (κ3) is 2.28. The monoisotopic (exact) mass is 215 g/mol. The van der Waals surface area contributed by atoms with Gasteiger partial charge in [0.2, 0.25) is 0 Å². The number of nitrogens with zero attached hydrogens (tertiary/aromatic N) is 3. The Hall–Kier alpha value is -2.10. The van der Waals surface area contributed by atoms with E-state index in [2.05, 4.69) is 4.98 Å². The Kier molecular flexibility index (Phi) is 3.00. The van der Waals surface area contributed by atoms with E-state index in [1.54, 1.807) is 24.5 Å². The molecule has 4 nitrogen and oxygen atoms in total. The summed E-state index contributed by atoms with van der Waals surface area (Å²) in [5, 5.41) is 0. The molecule has 0 saturated carbocycles. The largest absolute Gasteiger partial charge is 0.324 e. The van der Waals surface area contributed by atoms with E-state index >= 15 is 0 Å². The average molecular weight is 215 g/mol. The molecule has 82 valence electrons. The molecule has 0 aliphatic heterocycles. The zero-order valence-electron chi connectivity index (χ0n) is 9.08. The van der Waals surface area contributed by atoms with Crippen LogP contribution in [0.4, 0.5) is 0 Å². The maximum absolute atomic E-state index is 12.0. The number of carbonyl (C=O) groups is 1. The SMILES string of the molecule is CN(Cn1ccnc1)C(=O)c1ccccc1. The molecule has 16 heavy (non-hydrogen) atoms. The molecule has 0 radical (unpaired) electrons. The average Bonchev–Trinajstić information content (AvgIpc) is 2.82. The van der Waals surface area contributed by atoms with Crippen molar-refractivity contribution in [2.45, 2.75) is 6.67 Å². The summed E-state index contributed by atoms with van der Waals surface area (Å²) in [6.45, 7) is 0.508. The molecular formula is C12H13N3O. The van der Waals surface area contributed by atoms with Crippen LogP contribution in [0, 0.1) is 0 Å². The third-order valence-electron chi connectivity index (χ3n) is 2.30. The molecule has 0 saturated heterocycles. The van der Waals surface area contributed by atoms with Gasteiger partial charge in [-0.15, -0.1) is 0 Å². The zero-order valence-corrected chi connectivity index (χ0v) is 9.08. The fraction of sp³-hybridized carbons (Fsp3) is 0.167. The van der Waals surface area contributed by atoms with E-state index in [9.17, 15) is 4.79 Å². The number of amides is 1. The molecule has 2 rings (SSSR count). The third-order valence-corrected chi connectivity index (χ3v) is 2.30. The quantitative estimate of drug-likeness (QED) is 0.780. The van der Waals surface area contributed by atoms with Crippen LogP contribution >= 0.6 is 0 Å². The first kappa shape index (κ1) is 10.4. The fourth-order valence-corrected chi connectivity index (χ4v) is 1.48. The Bertz CT molecular complexity index is 450. The number of imidazole rings is 1. The second kappa shape index (κ2) is 4.61. The number of benzene rings is 1. The summed E-state index contributed by atoms with van der Waals surface area (Å²) in [5.41, 5.74) is 0.699. The first-order valence-corrected chi connectivity index (χ1v) is 5.03. The highest BCUT2D eigenvalue weighted by Crippen LogP contribution is 2.03. The number of carbonyl (C=O) groups excluding carboxylic acids is 1. The van der Waals surface area contributed by atoms with Gasteiger partial charge >= 0.3 is 0 Å². The van der Waals surface area contributed by atoms with Gasteiger partial charge in [-0.1, -0.05) is 18.2 Å². The highest BCUT2D eigenvalue weighted by molar-refractivity contribution is 5.93. The lowest BCUT2D eigenvalue weighted by Crippen LogP contribution is -2.28. The Morgan fingerprint density at radius 1 is 1.38 bits per heavy atom. The van der Waals surface area contributed by atoms with E-state index in [1.165, 1.54) is 0 Å². The van der Waals surface area contributed by atoms with Crippen molar-refractivity contribution in [3.63, 3.8) is 0 Å². The van der Waals surface area contributed by atoms with Gasteiger partial charge in [-0.2, -0.15) is 0 Å². The fourth-order valence-electron chi connectivity index (χ4n) is 1.48. The van der Waals surface area contributed by atoms with Gasteiger partial charge in [0.1, 0.15) is 0 Å². The number of aromatic nitrogens is 2.